The molecule has 0 saturated carbocycles. The SMILES string of the molecule is CC(O)c1nc2cnc3[nH]ccc3c2n1C1CC=CCC1. The summed E-state index contributed by atoms with van der Waals surface area (Å²) in [4.78, 5) is 12.2. The molecule has 3 aromatic heterocycles. The maximum atomic E-state index is 10.1. The first kappa shape index (κ1) is 12.6. The van der Waals surface area contributed by atoms with Crippen LogP contribution < -0.4 is 0 Å². The predicted octanol–water partition coefficient (Wildman–Crippen LogP) is 3.25. The van der Waals surface area contributed by atoms with E-state index in [4.69, 9.17) is 0 Å². The average molecular weight is 282 g/mol. The smallest absolute Gasteiger partial charge is 0.139 e. The monoisotopic (exact) mass is 282 g/mol. The number of aliphatic hydroxyl groups excluding tert-OH is 1. The van der Waals surface area contributed by atoms with Crippen LogP contribution in [-0.2, 0) is 0 Å². The van der Waals surface area contributed by atoms with Gasteiger partial charge in [0.2, 0.25) is 0 Å². The molecule has 5 nitrogen and oxygen atoms in total. The van der Waals surface area contributed by atoms with Gasteiger partial charge in [-0.1, -0.05) is 12.2 Å². The molecule has 3 heterocycles. The number of hydrogen-bond donors (Lipinski definition) is 2. The molecule has 21 heavy (non-hydrogen) atoms. The van der Waals surface area contributed by atoms with Crippen LogP contribution in [0.25, 0.3) is 22.1 Å². The van der Waals surface area contributed by atoms with Crippen molar-refractivity contribution < 1.29 is 5.11 Å². The van der Waals surface area contributed by atoms with E-state index < -0.39 is 6.10 Å². The van der Waals surface area contributed by atoms with Gasteiger partial charge in [-0.05, 0) is 32.3 Å². The second-order valence-corrected chi connectivity index (χ2v) is 5.69. The first-order chi connectivity index (χ1) is 10.3. The van der Waals surface area contributed by atoms with Crippen molar-refractivity contribution in [1.82, 2.24) is 19.5 Å². The fourth-order valence-corrected chi connectivity index (χ4v) is 3.29. The van der Waals surface area contributed by atoms with E-state index in [-0.39, 0.29) is 0 Å². The van der Waals surface area contributed by atoms with Crippen LogP contribution in [0.1, 0.15) is 44.2 Å². The zero-order valence-electron chi connectivity index (χ0n) is 12.0. The van der Waals surface area contributed by atoms with Crippen LogP contribution in [0.5, 0.6) is 0 Å². The molecule has 1 aliphatic carbocycles. The quantitative estimate of drug-likeness (QED) is 0.709. The molecule has 108 valence electrons. The molecule has 2 atom stereocenters. The van der Waals surface area contributed by atoms with Crippen LogP contribution in [0.15, 0.2) is 30.6 Å². The van der Waals surface area contributed by atoms with Crippen molar-refractivity contribution in [3.05, 3.63) is 36.4 Å². The van der Waals surface area contributed by atoms with Gasteiger partial charge in [-0.25, -0.2) is 9.97 Å². The fourth-order valence-electron chi connectivity index (χ4n) is 3.29. The molecule has 0 saturated heterocycles. The van der Waals surface area contributed by atoms with Gasteiger partial charge in [0.15, 0.2) is 0 Å². The van der Waals surface area contributed by atoms with Crippen LogP contribution in [0.3, 0.4) is 0 Å². The van der Waals surface area contributed by atoms with Gasteiger partial charge in [0.05, 0.1) is 11.7 Å². The number of pyridine rings is 1. The molecule has 0 bridgehead atoms. The lowest BCUT2D eigenvalue weighted by Crippen LogP contribution is -2.15. The Hall–Kier alpha value is -2.14. The minimum atomic E-state index is -0.586. The highest BCUT2D eigenvalue weighted by Gasteiger charge is 2.23. The standard InChI is InChI=1S/C16H18N4O/c1-10(21)16-19-13-9-18-15-12(7-8-17-15)14(13)20(16)11-5-3-2-4-6-11/h2-3,7-11,21H,4-6H2,1H3,(H,17,18). The Morgan fingerprint density at radius 3 is 3.10 bits per heavy atom. The van der Waals surface area contributed by atoms with E-state index >= 15 is 0 Å². The second-order valence-electron chi connectivity index (χ2n) is 5.69. The molecule has 0 radical (unpaired) electrons. The maximum absolute atomic E-state index is 10.1. The molecule has 5 heteroatoms. The number of rotatable bonds is 2. The zero-order chi connectivity index (χ0) is 14.4. The molecule has 2 N–H and O–H groups in total. The molecule has 0 amide bonds. The molecule has 4 rings (SSSR count). The summed E-state index contributed by atoms with van der Waals surface area (Å²) in [6.07, 6.45) is 10.7. The summed E-state index contributed by atoms with van der Waals surface area (Å²) in [5.41, 5.74) is 2.80. The van der Waals surface area contributed by atoms with Crippen molar-refractivity contribution in [2.45, 2.75) is 38.3 Å². The zero-order valence-corrected chi connectivity index (χ0v) is 12.0. The van der Waals surface area contributed by atoms with Crippen LogP contribution in [0, 0.1) is 0 Å². The number of hydrogen-bond acceptors (Lipinski definition) is 3. The highest BCUT2D eigenvalue weighted by atomic mass is 16.3. The Kier molecular flexibility index (Phi) is 2.82. The molecular formula is C16H18N4O. The number of fused-ring (bicyclic) bond motifs is 3. The number of nitrogens with zero attached hydrogens (tertiary/aromatic N) is 3. The minimum Gasteiger partial charge on any atom is -0.385 e. The summed E-state index contributed by atoms with van der Waals surface area (Å²) in [7, 11) is 0. The van der Waals surface area contributed by atoms with Gasteiger partial charge in [0, 0.05) is 17.6 Å². The van der Waals surface area contributed by atoms with E-state index in [1.54, 1.807) is 13.1 Å². The van der Waals surface area contributed by atoms with Crippen molar-refractivity contribution >= 4 is 22.1 Å². The number of H-pyrrole nitrogens is 1. The van der Waals surface area contributed by atoms with Gasteiger partial charge in [0.1, 0.15) is 23.1 Å². The molecule has 1 aliphatic rings. The average Bonchev–Trinajstić information content (AvgIpc) is 3.11. The van der Waals surface area contributed by atoms with Gasteiger partial charge in [-0.2, -0.15) is 0 Å². The van der Waals surface area contributed by atoms with Crippen LogP contribution >= 0.6 is 0 Å². The third-order valence-electron chi connectivity index (χ3n) is 4.24. The Bertz CT molecular complexity index is 827. The Morgan fingerprint density at radius 2 is 2.33 bits per heavy atom. The Morgan fingerprint density at radius 1 is 1.43 bits per heavy atom. The summed E-state index contributed by atoms with van der Waals surface area (Å²) in [5.74, 6) is 0.737. The lowest BCUT2D eigenvalue weighted by atomic mass is 10.0. The summed E-state index contributed by atoms with van der Waals surface area (Å²) < 4.78 is 2.22. The molecule has 0 aromatic carbocycles. The minimum absolute atomic E-state index is 0.352. The fraction of sp³-hybridized carbons (Fsp3) is 0.375. The van der Waals surface area contributed by atoms with E-state index in [1.165, 1.54) is 0 Å². The number of allylic oxidation sites excluding steroid dienone is 2. The largest absolute Gasteiger partial charge is 0.385 e. The molecule has 3 aromatic rings. The van der Waals surface area contributed by atoms with Crippen molar-refractivity contribution in [2.24, 2.45) is 0 Å². The molecule has 0 spiro atoms. The number of aliphatic hydroxyl groups is 1. The van der Waals surface area contributed by atoms with Crippen LogP contribution in [-0.4, -0.2) is 24.6 Å². The molecule has 0 aliphatic heterocycles. The van der Waals surface area contributed by atoms with Crippen LogP contribution in [0.4, 0.5) is 0 Å². The van der Waals surface area contributed by atoms with E-state index in [0.717, 1.165) is 47.2 Å². The summed E-state index contributed by atoms with van der Waals surface area (Å²) in [5, 5.41) is 11.2. The Balaban J connectivity index is 2.05. The van der Waals surface area contributed by atoms with Crippen molar-refractivity contribution in [2.75, 3.05) is 0 Å². The summed E-state index contributed by atoms with van der Waals surface area (Å²) in [6, 6.07) is 2.39. The van der Waals surface area contributed by atoms with Crippen molar-refractivity contribution in [3.8, 4) is 0 Å². The second kappa shape index (κ2) is 4.70. The van der Waals surface area contributed by atoms with Gasteiger partial charge in [-0.3, -0.25) is 0 Å². The van der Waals surface area contributed by atoms with E-state index in [2.05, 4.69) is 31.7 Å². The van der Waals surface area contributed by atoms with E-state index in [1.807, 2.05) is 12.3 Å². The van der Waals surface area contributed by atoms with Gasteiger partial charge >= 0.3 is 0 Å². The lowest BCUT2D eigenvalue weighted by Gasteiger charge is -2.23. The highest BCUT2D eigenvalue weighted by Crippen LogP contribution is 2.34. The van der Waals surface area contributed by atoms with Crippen LogP contribution in [0.2, 0.25) is 0 Å². The summed E-state index contributed by atoms with van der Waals surface area (Å²) in [6.45, 7) is 1.78. The molecular weight excluding hydrogens is 264 g/mol. The van der Waals surface area contributed by atoms with E-state index in [9.17, 15) is 5.11 Å². The van der Waals surface area contributed by atoms with Gasteiger partial charge in [0.25, 0.3) is 0 Å². The number of nitrogens with one attached hydrogen (secondary N) is 1. The normalized spacial score (nSPS) is 20.4. The molecule has 2 unspecified atom stereocenters. The number of aromatic nitrogens is 4. The number of imidazole rings is 1. The number of aromatic amines is 1. The van der Waals surface area contributed by atoms with Crippen molar-refractivity contribution in [3.63, 3.8) is 0 Å². The Labute approximate surface area is 122 Å². The lowest BCUT2D eigenvalue weighted by molar-refractivity contribution is 0.180. The summed E-state index contributed by atoms with van der Waals surface area (Å²) >= 11 is 0. The predicted molar refractivity (Wildman–Crippen MR) is 82.0 cm³/mol. The van der Waals surface area contributed by atoms with Gasteiger partial charge < -0.3 is 14.7 Å². The van der Waals surface area contributed by atoms with Crippen molar-refractivity contribution in [1.29, 1.82) is 0 Å². The maximum Gasteiger partial charge on any atom is 0.139 e. The first-order valence-corrected chi connectivity index (χ1v) is 7.42. The highest BCUT2D eigenvalue weighted by molar-refractivity contribution is 6.01. The third-order valence-corrected chi connectivity index (χ3v) is 4.24. The van der Waals surface area contributed by atoms with Gasteiger partial charge in [-0.15, -0.1) is 0 Å². The first-order valence-electron chi connectivity index (χ1n) is 7.42. The van der Waals surface area contributed by atoms with E-state index in [0.29, 0.717) is 6.04 Å². The third kappa shape index (κ3) is 1.88. The topological polar surface area (TPSA) is 66.7 Å². The molecule has 0 fully saturated rings.